The van der Waals surface area contributed by atoms with E-state index in [1.165, 1.54) is 43.7 Å². The molecule has 0 aliphatic heterocycles. The SMILES string of the molecule is COc1cc(/C=N/NC(=O)c2ccccc2)ccc1OC(=O)c1ccc([N+](=O)[O-])cc1. The predicted octanol–water partition coefficient (Wildman–Crippen LogP) is 3.59. The summed E-state index contributed by atoms with van der Waals surface area (Å²) < 4.78 is 10.6. The van der Waals surface area contributed by atoms with Gasteiger partial charge in [-0.25, -0.2) is 10.2 Å². The molecular formula is C22H17N3O6. The Labute approximate surface area is 177 Å². The zero-order valence-corrected chi connectivity index (χ0v) is 16.3. The Morgan fingerprint density at radius 1 is 0.968 bits per heavy atom. The number of amides is 1. The summed E-state index contributed by atoms with van der Waals surface area (Å²) >= 11 is 0. The Morgan fingerprint density at radius 2 is 1.68 bits per heavy atom. The molecule has 31 heavy (non-hydrogen) atoms. The summed E-state index contributed by atoms with van der Waals surface area (Å²) in [5.41, 5.74) is 3.52. The predicted molar refractivity (Wildman–Crippen MR) is 113 cm³/mol. The third kappa shape index (κ3) is 5.51. The fourth-order valence-corrected chi connectivity index (χ4v) is 2.55. The monoisotopic (exact) mass is 419 g/mol. The molecule has 0 bridgehead atoms. The topological polar surface area (TPSA) is 120 Å². The molecule has 9 nitrogen and oxygen atoms in total. The van der Waals surface area contributed by atoms with Gasteiger partial charge in [0.05, 0.1) is 23.8 Å². The van der Waals surface area contributed by atoms with Crippen LogP contribution in [0.15, 0.2) is 77.9 Å². The molecule has 0 fully saturated rings. The minimum absolute atomic E-state index is 0.128. The van der Waals surface area contributed by atoms with E-state index in [0.717, 1.165) is 0 Å². The van der Waals surface area contributed by atoms with E-state index in [0.29, 0.717) is 11.1 Å². The van der Waals surface area contributed by atoms with Crippen molar-refractivity contribution in [1.29, 1.82) is 0 Å². The van der Waals surface area contributed by atoms with Crippen molar-refractivity contribution in [2.45, 2.75) is 0 Å². The van der Waals surface area contributed by atoms with Crippen LogP contribution in [0, 0.1) is 10.1 Å². The molecule has 0 heterocycles. The van der Waals surface area contributed by atoms with Crippen LogP contribution in [0.25, 0.3) is 0 Å². The van der Waals surface area contributed by atoms with Crippen LogP contribution in [0.5, 0.6) is 11.5 Å². The number of ether oxygens (including phenoxy) is 2. The average Bonchev–Trinajstić information content (AvgIpc) is 2.80. The van der Waals surface area contributed by atoms with Crippen LogP contribution >= 0.6 is 0 Å². The van der Waals surface area contributed by atoms with Gasteiger partial charge in [0.25, 0.3) is 11.6 Å². The number of nitro groups is 1. The minimum Gasteiger partial charge on any atom is -0.493 e. The van der Waals surface area contributed by atoms with E-state index in [1.54, 1.807) is 36.4 Å². The van der Waals surface area contributed by atoms with Crippen molar-refractivity contribution in [2.24, 2.45) is 5.10 Å². The van der Waals surface area contributed by atoms with Gasteiger partial charge in [-0.1, -0.05) is 18.2 Å². The van der Waals surface area contributed by atoms with Crippen LogP contribution < -0.4 is 14.9 Å². The standard InChI is InChI=1S/C22H17N3O6/c1-30-20-13-15(14-23-24-21(26)16-5-3-2-4-6-16)7-12-19(20)31-22(27)17-8-10-18(11-9-17)25(28)29/h2-14H,1H3,(H,24,26)/b23-14+. The Balaban J connectivity index is 1.67. The quantitative estimate of drug-likeness (QED) is 0.205. The van der Waals surface area contributed by atoms with Crippen molar-refractivity contribution < 1.29 is 24.0 Å². The molecule has 0 aliphatic carbocycles. The molecule has 3 aromatic carbocycles. The van der Waals surface area contributed by atoms with Gasteiger partial charge in [-0.3, -0.25) is 14.9 Å². The van der Waals surface area contributed by atoms with E-state index in [4.69, 9.17) is 9.47 Å². The number of non-ortho nitro benzene ring substituents is 1. The lowest BCUT2D eigenvalue weighted by Gasteiger charge is -2.10. The van der Waals surface area contributed by atoms with Crippen LogP contribution in [0.2, 0.25) is 0 Å². The average molecular weight is 419 g/mol. The molecular weight excluding hydrogens is 402 g/mol. The van der Waals surface area contributed by atoms with E-state index >= 15 is 0 Å². The maximum absolute atomic E-state index is 12.3. The minimum atomic E-state index is -0.690. The fourth-order valence-electron chi connectivity index (χ4n) is 2.55. The lowest BCUT2D eigenvalue weighted by molar-refractivity contribution is -0.384. The van der Waals surface area contributed by atoms with E-state index in [1.807, 2.05) is 6.07 Å². The summed E-state index contributed by atoms with van der Waals surface area (Å²) in [5.74, 6) is -0.605. The zero-order chi connectivity index (χ0) is 22.2. The molecule has 0 atom stereocenters. The van der Waals surface area contributed by atoms with Gasteiger partial charge in [0, 0.05) is 17.7 Å². The Morgan fingerprint density at radius 3 is 2.32 bits per heavy atom. The molecule has 0 saturated carbocycles. The first-order chi connectivity index (χ1) is 15.0. The molecule has 0 saturated heterocycles. The number of hydrogen-bond acceptors (Lipinski definition) is 7. The summed E-state index contributed by atoms with van der Waals surface area (Å²) in [6, 6.07) is 18.4. The van der Waals surface area contributed by atoms with Crippen LogP contribution in [0.3, 0.4) is 0 Å². The van der Waals surface area contributed by atoms with Gasteiger partial charge in [-0.05, 0) is 48.0 Å². The number of benzene rings is 3. The number of nitrogens with one attached hydrogen (secondary N) is 1. The number of nitro benzene ring substituents is 1. The van der Waals surface area contributed by atoms with Crippen molar-refractivity contribution in [3.8, 4) is 11.5 Å². The van der Waals surface area contributed by atoms with Crippen molar-refractivity contribution >= 4 is 23.8 Å². The molecule has 1 N–H and O–H groups in total. The van der Waals surface area contributed by atoms with Crippen LogP contribution in [0.1, 0.15) is 26.3 Å². The van der Waals surface area contributed by atoms with Gasteiger partial charge >= 0.3 is 5.97 Å². The molecule has 1 amide bonds. The van der Waals surface area contributed by atoms with Gasteiger partial charge in [-0.15, -0.1) is 0 Å². The third-order valence-electron chi connectivity index (χ3n) is 4.12. The molecule has 3 rings (SSSR count). The number of rotatable bonds is 7. The number of carbonyl (C=O) groups is 2. The summed E-state index contributed by atoms with van der Waals surface area (Å²) in [4.78, 5) is 34.4. The second-order valence-corrected chi connectivity index (χ2v) is 6.17. The highest BCUT2D eigenvalue weighted by atomic mass is 16.6. The number of hydrazone groups is 1. The molecule has 3 aromatic rings. The van der Waals surface area contributed by atoms with Crippen molar-refractivity contribution in [1.82, 2.24) is 5.43 Å². The first-order valence-corrected chi connectivity index (χ1v) is 9.01. The Bertz CT molecular complexity index is 1130. The highest BCUT2D eigenvalue weighted by Gasteiger charge is 2.14. The second-order valence-electron chi connectivity index (χ2n) is 6.17. The maximum atomic E-state index is 12.3. The van der Waals surface area contributed by atoms with E-state index in [-0.39, 0.29) is 28.7 Å². The highest BCUT2D eigenvalue weighted by Crippen LogP contribution is 2.28. The number of hydrogen-bond donors (Lipinski definition) is 1. The van der Waals surface area contributed by atoms with E-state index in [9.17, 15) is 19.7 Å². The number of carbonyl (C=O) groups excluding carboxylic acids is 2. The smallest absolute Gasteiger partial charge is 0.343 e. The molecule has 0 aromatic heterocycles. The van der Waals surface area contributed by atoms with E-state index < -0.39 is 10.9 Å². The van der Waals surface area contributed by atoms with Crippen LogP contribution in [0.4, 0.5) is 5.69 Å². The number of methoxy groups -OCH3 is 1. The summed E-state index contributed by atoms with van der Waals surface area (Å²) in [6.07, 6.45) is 1.42. The summed E-state index contributed by atoms with van der Waals surface area (Å²) in [5, 5.41) is 14.6. The molecule has 0 unspecified atom stereocenters. The summed E-state index contributed by atoms with van der Waals surface area (Å²) in [7, 11) is 1.41. The summed E-state index contributed by atoms with van der Waals surface area (Å²) in [6.45, 7) is 0. The Hall–Kier alpha value is -4.53. The van der Waals surface area contributed by atoms with Crippen molar-refractivity contribution in [3.63, 3.8) is 0 Å². The third-order valence-corrected chi connectivity index (χ3v) is 4.12. The molecule has 0 aliphatic rings. The second kappa shape index (κ2) is 9.79. The van der Waals surface area contributed by atoms with Crippen LogP contribution in [-0.4, -0.2) is 30.1 Å². The van der Waals surface area contributed by atoms with Crippen molar-refractivity contribution in [2.75, 3.05) is 7.11 Å². The van der Waals surface area contributed by atoms with E-state index in [2.05, 4.69) is 10.5 Å². The number of esters is 1. The Kier molecular flexibility index (Phi) is 6.69. The zero-order valence-electron chi connectivity index (χ0n) is 16.3. The van der Waals surface area contributed by atoms with Gasteiger partial charge < -0.3 is 9.47 Å². The van der Waals surface area contributed by atoms with Gasteiger partial charge in [-0.2, -0.15) is 5.10 Å². The molecule has 156 valence electrons. The number of nitrogens with zero attached hydrogens (tertiary/aromatic N) is 2. The van der Waals surface area contributed by atoms with Gasteiger partial charge in [0.15, 0.2) is 11.5 Å². The van der Waals surface area contributed by atoms with Crippen LogP contribution in [-0.2, 0) is 0 Å². The largest absolute Gasteiger partial charge is 0.493 e. The molecule has 0 radical (unpaired) electrons. The molecule has 0 spiro atoms. The first kappa shape index (κ1) is 21.2. The highest BCUT2D eigenvalue weighted by molar-refractivity contribution is 5.95. The lowest BCUT2D eigenvalue weighted by Crippen LogP contribution is -2.17. The first-order valence-electron chi connectivity index (χ1n) is 9.01. The lowest BCUT2D eigenvalue weighted by atomic mass is 10.2. The molecule has 9 heteroatoms. The maximum Gasteiger partial charge on any atom is 0.343 e. The van der Waals surface area contributed by atoms with Gasteiger partial charge in [0.1, 0.15) is 0 Å². The van der Waals surface area contributed by atoms with Gasteiger partial charge in [0.2, 0.25) is 0 Å². The van der Waals surface area contributed by atoms with Crippen molar-refractivity contribution in [3.05, 3.63) is 99.6 Å². The fraction of sp³-hybridized carbons (Fsp3) is 0.0455. The normalized spacial score (nSPS) is 10.5.